The second kappa shape index (κ2) is 12.1. The zero-order chi connectivity index (χ0) is 24.5. The van der Waals surface area contributed by atoms with Crippen molar-refractivity contribution in [1.82, 2.24) is 10.3 Å². The number of aryl methyl sites for hydroxylation is 1. The molecule has 0 fully saturated rings. The van der Waals surface area contributed by atoms with E-state index in [1.54, 1.807) is 5.38 Å². The minimum absolute atomic E-state index is 0.0213. The van der Waals surface area contributed by atoms with Gasteiger partial charge in [-0.15, -0.1) is 11.3 Å². The smallest absolute Gasteiger partial charge is 0.329 e. The third kappa shape index (κ3) is 7.52. The van der Waals surface area contributed by atoms with Gasteiger partial charge in [-0.25, -0.2) is 9.78 Å². The number of ether oxygens (including phenoxy) is 1. The van der Waals surface area contributed by atoms with Gasteiger partial charge in [0.25, 0.3) is 0 Å². The second-order valence-electron chi connectivity index (χ2n) is 8.33. The van der Waals surface area contributed by atoms with Crippen LogP contribution in [0.15, 0.2) is 60.0 Å². The van der Waals surface area contributed by atoms with Crippen LogP contribution in [0.2, 0.25) is 0 Å². The molecule has 0 saturated heterocycles. The summed E-state index contributed by atoms with van der Waals surface area (Å²) in [5, 5.41) is 8.06. The van der Waals surface area contributed by atoms with E-state index in [1.807, 2.05) is 75.4 Å². The molecule has 1 atom stereocenters. The Morgan fingerprint density at radius 2 is 1.68 bits per heavy atom. The van der Waals surface area contributed by atoms with Crippen molar-refractivity contribution in [2.24, 2.45) is 5.92 Å². The molecule has 2 aromatic carbocycles. The summed E-state index contributed by atoms with van der Waals surface area (Å²) in [5.74, 6) is -1.04. The fourth-order valence-electron chi connectivity index (χ4n) is 3.28. The third-order valence-electron chi connectivity index (χ3n) is 5.14. The lowest BCUT2D eigenvalue weighted by Crippen LogP contribution is -2.45. The van der Waals surface area contributed by atoms with Gasteiger partial charge in [0, 0.05) is 11.1 Å². The number of nitrogens with one attached hydrogen (secondary N) is 2. The van der Waals surface area contributed by atoms with E-state index in [0.29, 0.717) is 10.7 Å². The average Bonchev–Trinajstić information content (AvgIpc) is 3.25. The van der Waals surface area contributed by atoms with Crippen LogP contribution >= 0.6 is 11.3 Å². The Hall–Kier alpha value is -3.52. The highest BCUT2D eigenvalue weighted by molar-refractivity contribution is 7.09. The fourth-order valence-corrected chi connectivity index (χ4v) is 4.06. The number of hydrogen-bond donors (Lipinski definition) is 2. The van der Waals surface area contributed by atoms with E-state index in [9.17, 15) is 14.4 Å². The average molecular weight is 480 g/mol. The van der Waals surface area contributed by atoms with Gasteiger partial charge in [0.05, 0.1) is 18.5 Å². The van der Waals surface area contributed by atoms with Crippen LogP contribution in [-0.4, -0.2) is 28.8 Å². The van der Waals surface area contributed by atoms with Crippen LogP contribution in [0.4, 0.5) is 5.69 Å². The van der Waals surface area contributed by atoms with Crippen LogP contribution in [0, 0.1) is 12.8 Å². The largest absolute Gasteiger partial charge is 0.458 e. The van der Waals surface area contributed by atoms with Crippen molar-refractivity contribution in [3.8, 4) is 0 Å². The topological polar surface area (TPSA) is 97.4 Å². The first-order valence-electron chi connectivity index (χ1n) is 11.1. The summed E-state index contributed by atoms with van der Waals surface area (Å²) in [6.45, 7) is 5.61. The number of para-hydroxylation sites is 1. The van der Waals surface area contributed by atoms with Gasteiger partial charge in [-0.1, -0.05) is 62.4 Å². The van der Waals surface area contributed by atoms with E-state index in [2.05, 4.69) is 15.6 Å². The molecule has 3 rings (SSSR count). The standard InChI is InChI=1S/C26H29N3O4S/c1-17(2)25(29-22(30)13-19-10-5-4-6-11-19)26(32)33-15-20-16-34-24(27-20)14-23(31)28-21-12-8-7-9-18(21)3/h4-12,16-17,25H,13-15H2,1-3H3,(H,28,31)(H,29,30)/t25-/m1/s1. The number of carbonyl (C=O) groups excluding carboxylic acids is 3. The first-order chi connectivity index (χ1) is 16.3. The maximum Gasteiger partial charge on any atom is 0.329 e. The predicted octanol–water partition coefficient (Wildman–Crippen LogP) is 4.06. The van der Waals surface area contributed by atoms with E-state index in [4.69, 9.17) is 4.74 Å². The number of nitrogens with zero attached hydrogens (tertiary/aromatic N) is 1. The first-order valence-corrected chi connectivity index (χ1v) is 12.0. The van der Waals surface area contributed by atoms with Crippen LogP contribution < -0.4 is 10.6 Å². The summed E-state index contributed by atoms with van der Waals surface area (Å²) in [6.07, 6.45) is 0.328. The molecule has 0 aliphatic heterocycles. The highest BCUT2D eigenvalue weighted by Crippen LogP contribution is 2.16. The van der Waals surface area contributed by atoms with Gasteiger partial charge < -0.3 is 15.4 Å². The summed E-state index contributed by atoms with van der Waals surface area (Å²) < 4.78 is 5.42. The van der Waals surface area contributed by atoms with Crippen LogP contribution in [0.25, 0.3) is 0 Å². The molecule has 0 radical (unpaired) electrons. The van der Waals surface area contributed by atoms with Gasteiger partial charge >= 0.3 is 5.97 Å². The summed E-state index contributed by atoms with van der Waals surface area (Å²) in [7, 11) is 0. The molecule has 2 N–H and O–H groups in total. The van der Waals surface area contributed by atoms with Crippen molar-refractivity contribution in [3.05, 3.63) is 81.8 Å². The van der Waals surface area contributed by atoms with Crippen LogP contribution in [0.5, 0.6) is 0 Å². The maximum absolute atomic E-state index is 12.6. The second-order valence-corrected chi connectivity index (χ2v) is 9.27. The summed E-state index contributed by atoms with van der Waals surface area (Å²) in [4.78, 5) is 41.8. The molecule has 34 heavy (non-hydrogen) atoms. The third-order valence-corrected chi connectivity index (χ3v) is 6.03. The zero-order valence-electron chi connectivity index (χ0n) is 19.5. The van der Waals surface area contributed by atoms with E-state index >= 15 is 0 Å². The monoisotopic (exact) mass is 479 g/mol. The number of rotatable bonds is 10. The maximum atomic E-state index is 12.6. The minimum atomic E-state index is -0.755. The van der Waals surface area contributed by atoms with E-state index in [0.717, 1.165) is 16.8 Å². The van der Waals surface area contributed by atoms with Crippen LogP contribution in [0.3, 0.4) is 0 Å². The number of carbonyl (C=O) groups is 3. The molecule has 1 aromatic heterocycles. The molecular formula is C26H29N3O4S. The fraction of sp³-hybridized carbons (Fsp3) is 0.308. The molecule has 1 heterocycles. The van der Waals surface area contributed by atoms with Gasteiger partial charge in [-0.2, -0.15) is 0 Å². The van der Waals surface area contributed by atoms with E-state index in [1.165, 1.54) is 11.3 Å². The van der Waals surface area contributed by atoms with E-state index < -0.39 is 12.0 Å². The van der Waals surface area contributed by atoms with Crippen LogP contribution in [0.1, 0.15) is 35.7 Å². The lowest BCUT2D eigenvalue weighted by atomic mass is 10.0. The quantitative estimate of drug-likeness (QED) is 0.428. The zero-order valence-corrected chi connectivity index (χ0v) is 20.4. The van der Waals surface area contributed by atoms with Gasteiger partial charge in [-0.05, 0) is 30.0 Å². The number of aromatic nitrogens is 1. The van der Waals surface area contributed by atoms with E-state index in [-0.39, 0.29) is 37.2 Å². The van der Waals surface area contributed by atoms with Crippen molar-refractivity contribution in [3.63, 3.8) is 0 Å². The highest BCUT2D eigenvalue weighted by atomic mass is 32.1. The van der Waals surface area contributed by atoms with Crippen molar-refractivity contribution in [2.75, 3.05) is 5.32 Å². The highest BCUT2D eigenvalue weighted by Gasteiger charge is 2.26. The molecule has 7 nitrogen and oxygen atoms in total. The van der Waals surface area contributed by atoms with Gasteiger partial charge in [-0.3, -0.25) is 9.59 Å². The Kier molecular flexibility index (Phi) is 8.93. The van der Waals surface area contributed by atoms with Gasteiger partial charge in [0.2, 0.25) is 11.8 Å². The molecule has 0 bridgehead atoms. The number of benzene rings is 2. The minimum Gasteiger partial charge on any atom is -0.458 e. The number of amides is 2. The number of thiazole rings is 1. The Morgan fingerprint density at radius 1 is 0.971 bits per heavy atom. The Balaban J connectivity index is 1.49. The molecular weight excluding hydrogens is 450 g/mol. The SMILES string of the molecule is Cc1ccccc1NC(=O)Cc1nc(COC(=O)[C@H](NC(=O)Cc2ccccc2)C(C)C)cs1. The molecule has 8 heteroatoms. The number of anilines is 1. The van der Waals surface area contributed by atoms with Crippen molar-refractivity contribution >= 4 is 34.8 Å². The molecule has 2 amide bonds. The van der Waals surface area contributed by atoms with Crippen LogP contribution in [-0.2, 0) is 38.6 Å². The Morgan fingerprint density at radius 3 is 2.38 bits per heavy atom. The molecule has 0 saturated carbocycles. The Bertz CT molecular complexity index is 1130. The molecule has 0 aliphatic rings. The number of esters is 1. The lowest BCUT2D eigenvalue weighted by molar-refractivity contribution is -0.150. The van der Waals surface area contributed by atoms with Crippen molar-refractivity contribution < 1.29 is 19.1 Å². The predicted molar refractivity (Wildman–Crippen MR) is 132 cm³/mol. The summed E-state index contributed by atoms with van der Waals surface area (Å²) in [6, 6.07) is 16.2. The van der Waals surface area contributed by atoms with Crippen molar-refractivity contribution in [1.29, 1.82) is 0 Å². The van der Waals surface area contributed by atoms with Gasteiger partial charge in [0.15, 0.2) is 0 Å². The molecule has 178 valence electrons. The Labute approximate surface area is 203 Å². The summed E-state index contributed by atoms with van der Waals surface area (Å²) >= 11 is 1.34. The molecule has 0 aliphatic carbocycles. The summed E-state index contributed by atoms with van der Waals surface area (Å²) in [5.41, 5.74) is 3.19. The number of hydrogen-bond acceptors (Lipinski definition) is 6. The first kappa shape index (κ1) is 25.1. The molecule has 3 aromatic rings. The normalized spacial score (nSPS) is 11.6. The lowest BCUT2D eigenvalue weighted by Gasteiger charge is -2.20. The van der Waals surface area contributed by atoms with Gasteiger partial charge in [0.1, 0.15) is 17.7 Å². The molecule has 0 unspecified atom stereocenters. The molecule has 0 spiro atoms. The van der Waals surface area contributed by atoms with Crippen molar-refractivity contribution in [2.45, 2.75) is 46.3 Å².